The Morgan fingerprint density at radius 2 is 2.39 bits per heavy atom. The minimum atomic E-state index is -0.0596. The maximum absolute atomic E-state index is 12.4. The summed E-state index contributed by atoms with van der Waals surface area (Å²) in [6.45, 7) is 0.723. The lowest BCUT2D eigenvalue weighted by molar-refractivity contribution is 0.0676. The smallest absolute Gasteiger partial charge is 0.255 e. The lowest BCUT2D eigenvalue weighted by Crippen LogP contribution is -2.37. The van der Waals surface area contributed by atoms with Crippen molar-refractivity contribution in [2.75, 3.05) is 20.3 Å². The lowest BCUT2D eigenvalue weighted by atomic mass is 10.1. The van der Waals surface area contributed by atoms with Crippen LogP contribution in [0, 0.1) is 0 Å². The van der Waals surface area contributed by atoms with E-state index >= 15 is 0 Å². The van der Waals surface area contributed by atoms with E-state index in [0.717, 1.165) is 17.3 Å². The number of ether oxygens (including phenoxy) is 1. The third kappa shape index (κ3) is 2.52. The fraction of sp³-hybridized carbons (Fsp3) is 0.462. The first-order valence-corrected chi connectivity index (χ1v) is 6.72. The van der Waals surface area contributed by atoms with E-state index in [0.29, 0.717) is 17.9 Å². The van der Waals surface area contributed by atoms with Gasteiger partial charge in [-0.3, -0.25) is 4.79 Å². The molecular formula is C13H16BrNO3. The second-order valence-electron chi connectivity index (χ2n) is 4.32. The molecule has 1 aliphatic rings. The van der Waals surface area contributed by atoms with E-state index < -0.39 is 0 Å². The Morgan fingerprint density at radius 3 is 3.06 bits per heavy atom. The molecule has 1 atom stereocenters. The van der Waals surface area contributed by atoms with Gasteiger partial charge in [-0.1, -0.05) is 0 Å². The first-order valence-electron chi connectivity index (χ1n) is 5.92. The number of hydrogen-bond donors (Lipinski definition) is 1. The van der Waals surface area contributed by atoms with E-state index in [1.54, 1.807) is 30.2 Å². The van der Waals surface area contributed by atoms with E-state index in [1.807, 2.05) is 0 Å². The maximum Gasteiger partial charge on any atom is 0.255 e. The highest BCUT2D eigenvalue weighted by molar-refractivity contribution is 9.10. The average Bonchev–Trinajstić information content (AvgIpc) is 2.86. The molecule has 2 rings (SSSR count). The fourth-order valence-corrected chi connectivity index (χ4v) is 2.66. The van der Waals surface area contributed by atoms with Crippen molar-refractivity contribution in [2.24, 2.45) is 0 Å². The van der Waals surface area contributed by atoms with Gasteiger partial charge in [0.15, 0.2) is 0 Å². The maximum atomic E-state index is 12.4. The molecule has 0 spiro atoms. The number of benzene rings is 1. The Labute approximate surface area is 115 Å². The summed E-state index contributed by atoms with van der Waals surface area (Å²) in [6.07, 6.45) is 1.81. The molecule has 1 amide bonds. The van der Waals surface area contributed by atoms with Crippen molar-refractivity contribution in [3.8, 4) is 5.75 Å². The summed E-state index contributed by atoms with van der Waals surface area (Å²) in [7, 11) is 1.57. The number of aliphatic hydroxyl groups excluding tert-OH is 1. The van der Waals surface area contributed by atoms with Crippen molar-refractivity contribution in [1.82, 2.24) is 4.90 Å². The van der Waals surface area contributed by atoms with Gasteiger partial charge in [-0.05, 0) is 47.0 Å². The van der Waals surface area contributed by atoms with Crippen molar-refractivity contribution in [3.63, 3.8) is 0 Å². The van der Waals surface area contributed by atoms with Crippen LogP contribution in [0.1, 0.15) is 23.2 Å². The Kier molecular flexibility index (Phi) is 4.24. The molecule has 1 fully saturated rings. The van der Waals surface area contributed by atoms with Gasteiger partial charge in [-0.15, -0.1) is 0 Å². The number of likely N-dealkylation sites (tertiary alicyclic amines) is 1. The molecule has 4 nitrogen and oxygen atoms in total. The molecule has 98 valence electrons. The summed E-state index contributed by atoms with van der Waals surface area (Å²) in [4.78, 5) is 14.2. The van der Waals surface area contributed by atoms with Gasteiger partial charge in [0.1, 0.15) is 5.75 Å². The van der Waals surface area contributed by atoms with Crippen LogP contribution in [-0.4, -0.2) is 42.2 Å². The van der Waals surface area contributed by atoms with Crippen molar-refractivity contribution in [3.05, 3.63) is 28.2 Å². The Hall–Kier alpha value is -1.07. The third-order valence-electron chi connectivity index (χ3n) is 3.25. The minimum absolute atomic E-state index is 0.0212. The molecule has 1 aromatic rings. The van der Waals surface area contributed by atoms with Crippen LogP contribution in [0.5, 0.6) is 5.75 Å². The Balaban J connectivity index is 2.27. The number of aliphatic hydroxyl groups is 1. The predicted molar refractivity (Wildman–Crippen MR) is 71.8 cm³/mol. The summed E-state index contributed by atoms with van der Waals surface area (Å²) < 4.78 is 5.88. The van der Waals surface area contributed by atoms with Gasteiger partial charge < -0.3 is 14.7 Å². The number of carbonyl (C=O) groups excluding carboxylic acids is 1. The van der Waals surface area contributed by atoms with Gasteiger partial charge >= 0.3 is 0 Å². The normalized spacial score (nSPS) is 19.1. The number of methoxy groups -OCH3 is 1. The van der Waals surface area contributed by atoms with Gasteiger partial charge in [-0.25, -0.2) is 0 Å². The van der Waals surface area contributed by atoms with Gasteiger partial charge in [0.2, 0.25) is 0 Å². The highest BCUT2D eigenvalue weighted by Crippen LogP contribution is 2.27. The molecule has 1 heterocycles. The monoisotopic (exact) mass is 313 g/mol. The zero-order chi connectivity index (χ0) is 13.1. The molecule has 0 bridgehead atoms. The van der Waals surface area contributed by atoms with Crippen LogP contribution in [0.25, 0.3) is 0 Å². The van der Waals surface area contributed by atoms with Crippen LogP contribution in [-0.2, 0) is 0 Å². The average molecular weight is 314 g/mol. The van der Waals surface area contributed by atoms with Crippen LogP contribution >= 0.6 is 15.9 Å². The van der Waals surface area contributed by atoms with Crippen LogP contribution < -0.4 is 4.74 Å². The van der Waals surface area contributed by atoms with E-state index in [-0.39, 0.29) is 18.6 Å². The van der Waals surface area contributed by atoms with Crippen LogP contribution in [0.2, 0.25) is 0 Å². The van der Waals surface area contributed by atoms with Crippen LogP contribution in [0.3, 0.4) is 0 Å². The second kappa shape index (κ2) is 5.71. The van der Waals surface area contributed by atoms with Crippen molar-refractivity contribution < 1.29 is 14.6 Å². The number of hydrogen-bond acceptors (Lipinski definition) is 3. The lowest BCUT2D eigenvalue weighted by Gasteiger charge is -2.23. The minimum Gasteiger partial charge on any atom is -0.497 e. The molecule has 1 unspecified atom stereocenters. The highest BCUT2D eigenvalue weighted by Gasteiger charge is 2.29. The zero-order valence-electron chi connectivity index (χ0n) is 10.2. The Bertz CT molecular complexity index is 450. The summed E-state index contributed by atoms with van der Waals surface area (Å²) in [5, 5.41) is 9.27. The van der Waals surface area contributed by atoms with Crippen molar-refractivity contribution >= 4 is 21.8 Å². The number of halogens is 1. The topological polar surface area (TPSA) is 49.8 Å². The van der Waals surface area contributed by atoms with E-state index in [1.165, 1.54) is 0 Å². The standard InChI is InChI=1S/C13H16BrNO3/c1-18-10-4-5-12(14)11(7-10)13(17)15-6-2-3-9(15)8-16/h4-5,7,9,16H,2-3,6,8H2,1H3. The molecule has 0 aliphatic carbocycles. The van der Waals surface area contributed by atoms with E-state index in [9.17, 15) is 9.90 Å². The summed E-state index contributed by atoms with van der Waals surface area (Å²) in [5.74, 6) is 0.596. The molecule has 0 radical (unpaired) electrons. The molecule has 1 aromatic carbocycles. The zero-order valence-corrected chi connectivity index (χ0v) is 11.8. The summed E-state index contributed by atoms with van der Waals surface area (Å²) in [6, 6.07) is 5.26. The van der Waals surface area contributed by atoms with Crippen molar-refractivity contribution in [2.45, 2.75) is 18.9 Å². The number of amides is 1. The summed E-state index contributed by atoms with van der Waals surface area (Å²) >= 11 is 3.38. The Morgan fingerprint density at radius 1 is 1.61 bits per heavy atom. The summed E-state index contributed by atoms with van der Waals surface area (Å²) in [5.41, 5.74) is 0.578. The van der Waals surface area contributed by atoms with E-state index in [4.69, 9.17) is 4.74 Å². The molecule has 18 heavy (non-hydrogen) atoms. The van der Waals surface area contributed by atoms with Gasteiger partial charge in [0.25, 0.3) is 5.91 Å². The quantitative estimate of drug-likeness (QED) is 0.929. The largest absolute Gasteiger partial charge is 0.497 e. The van der Waals surface area contributed by atoms with Gasteiger partial charge in [-0.2, -0.15) is 0 Å². The van der Waals surface area contributed by atoms with E-state index in [2.05, 4.69) is 15.9 Å². The molecule has 0 aromatic heterocycles. The van der Waals surface area contributed by atoms with Crippen molar-refractivity contribution in [1.29, 1.82) is 0 Å². The molecule has 1 saturated heterocycles. The van der Waals surface area contributed by atoms with Gasteiger partial charge in [0, 0.05) is 11.0 Å². The first kappa shape index (κ1) is 13.4. The van der Waals surface area contributed by atoms with Crippen LogP contribution in [0.4, 0.5) is 0 Å². The predicted octanol–water partition coefficient (Wildman–Crippen LogP) is 2.05. The third-order valence-corrected chi connectivity index (χ3v) is 3.94. The fourth-order valence-electron chi connectivity index (χ4n) is 2.24. The first-order chi connectivity index (χ1) is 8.67. The molecule has 0 saturated carbocycles. The van der Waals surface area contributed by atoms with Crippen LogP contribution in [0.15, 0.2) is 22.7 Å². The number of carbonyl (C=O) groups is 1. The van der Waals surface area contributed by atoms with Gasteiger partial charge in [0.05, 0.1) is 25.3 Å². The SMILES string of the molecule is COc1ccc(Br)c(C(=O)N2CCCC2CO)c1. The number of nitrogens with zero attached hydrogens (tertiary/aromatic N) is 1. The molecular weight excluding hydrogens is 298 g/mol. The molecule has 1 N–H and O–H groups in total. The molecule has 5 heteroatoms. The molecule has 1 aliphatic heterocycles. The second-order valence-corrected chi connectivity index (χ2v) is 5.18. The highest BCUT2D eigenvalue weighted by atomic mass is 79.9. The number of rotatable bonds is 3.